The Kier molecular flexibility index (Phi) is 6.64. The van der Waals surface area contributed by atoms with E-state index >= 15 is 0 Å². The number of benzene rings is 7. The first-order valence-electron chi connectivity index (χ1n) is 19.2. The van der Waals surface area contributed by atoms with E-state index in [0.717, 1.165) is 12.1 Å². The molecule has 4 aliphatic carbocycles. The lowest BCUT2D eigenvalue weighted by atomic mass is 9.69. The molecule has 0 unspecified atom stereocenters. The van der Waals surface area contributed by atoms with Crippen molar-refractivity contribution in [1.82, 2.24) is 0 Å². The molecule has 0 aliphatic heterocycles. The SMILES string of the molecule is CC1(C)c2ccccc2-c2c(N(c3ccc(-c4ccccc4)cc3)c3cccc4c3C3=C(CC=CC=C3)C43c4ccccc4-c4ccccc43)cccc21. The van der Waals surface area contributed by atoms with E-state index in [1.165, 1.54) is 89.3 Å². The zero-order valence-electron chi connectivity index (χ0n) is 30.6. The summed E-state index contributed by atoms with van der Waals surface area (Å²) in [6.45, 7) is 4.75. The lowest BCUT2D eigenvalue weighted by Crippen LogP contribution is -2.27. The molecular formula is C53H39N. The summed E-state index contributed by atoms with van der Waals surface area (Å²) in [7, 11) is 0. The Morgan fingerprint density at radius 2 is 1.00 bits per heavy atom. The topological polar surface area (TPSA) is 3.24 Å². The standard InChI is InChI=1S/C53H39N/c1-52(2)42-23-12-11-22-40(42)50-46(52)27-15-29-48(50)54(37-33-31-36(32-34-37)35-17-5-3-6-18-35)49-30-16-28-47-51(49)41-21-7-4-8-24-45(41)53(47)43-25-13-9-19-38(43)39-20-10-14-26-44(39)53/h3-23,25-34H,24H2,1-2H3. The monoisotopic (exact) mass is 689 g/mol. The fraction of sp³-hybridized carbons (Fsp3) is 0.0943. The summed E-state index contributed by atoms with van der Waals surface area (Å²) in [4.78, 5) is 2.56. The zero-order valence-corrected chi connectivity index (χ0v) is 30.6. The maximum absolute atomic E-state index is 2.56. The van der Waals surface area contributed by atoms with Crippen molar-refractivity contribution in [2.24, 2.45) is 0 Å². The van der Waals surface area contributed by atoms with Gasteiger partial charge in [-0.25, -0.2) is 0 Å². The van der Waals surface area contributed by atoms with Crippen molar-refractivity contribution in [2.45, 2.75) is 31.1 Å². The van der Waals surface area contributed by atoms with Crippen molar-refractivity contribution in [2.75, 3.05) is 4.90 Å². The normalized spacial score (nSPS) is 16.0. The van der Waals surface area contributed by atoms with Gasteiger partial charge in [0.1, 0.15) is 0 Å². The van der Waals surface area contributed by atoms with Crippen molar-refractivity contribution in [3.8, 4) is 33.4 Å². The van der Waals surface area contributed by atoms with Gasteiger partial charge in [-0.05, 0) is 97.5 Å². The molecule has 256 valence electrons. The van der Waals surface area contributed by atoms with E-state index in [1.54, 1.807) is 0 Å². The molecule has 4 aliphatic rings. The first-order chi connectivity index (χ1) is 26.6. The Labute approximate surface area is 317 Å². The molecule has 0 aromatic heterocycles. The molecule has 0 N–H and O–H groups in total. The predicted octanol–water partition coefficient (Wildman–Crippen LogP) is 13.7. The Morgan fingerprint density at radius 1 is 0.444 bits per heavy atom. The van der Waals surface area contributed by atoms with Gasteiger partial charge in [0.15, 0.2) is 0 Å². The zero-order chi connectivity index (χ0) is 36.0. The van der Waals surface area contributed by atoms with Crippen LogP contribution in [0.4, 0.5) is 17.1 Å². The largest absolute Gasteiger partial charge is 0.309 e. The van der Waals surface area contributed by atoms with Gasteiger partial charge in [0.2, 0.25) is 0 Å². The highest BCUT2D eigenvalue weighted by atomic mass is 15.1. The molecule has 7 aromatic rings. The summed E-state index contributed by atoms with van der Waals surface area (Å²) in [5.74, 6) is 0. The quantitative estimate of drug-likeness (QED) is 0.178. The van der Waals surface area contributed by atoms with Gasteiger partial charge in [-0.1, -0.05) is 178 Å². The number of allylic oxidation sites excluding steroid dienone is 6. The highest BCUT2D eigenvalue weighted by Gasteiger charge is 2.53. The molecule has 0 atom stereocenters. The predicted molar refractivity (Wildman–Crippen MR) is 226 cm³/mol. The second-order valence-corrected chi connectivity index (χ2v) is 15.5. The average molecular weight is 690 g/mol. The lowest BCUT2D eigenvalue weighted by Gasteiger charge is -2.34. The Bertz CT molecular complexity index is 2710. The Morgan fingerprint density at radius 3 is 1.70 bits per heavy atom. The first-order valence-corrected chi connectivity index (χ1v) is 19.2. The van der Waals surface area contributed by atoms with Gasteiger partial charge in [0, 0.05) is 22.2 Å². The minimum atomic E-state index is -0.386. The van der Waals surface area contributed by atoms with Crippen LogP contribution in [0.2, 0.25) is 0 Å². The average Bonchev–Trinajstić information content (AvgIpc) is 3.66. The molecule has 1 heteroatoms. The number of hydrogen-bond acceptors (Lipinski definition) is 1. The molecule has 1 spiro atoms. The maximum atomic E-state index is 2.56. The van der Waals surface area contributed by atoms with Crippen LogP contribution in [-0.2, 0) is 10.8 Å². The van der Waals surface area contributed by atoms with Crippen LogP contribution in [0, 0.1) is 0 Å². The fourth-order valence-corrected chi connectivity index (χ4v) is 10.3. The van der Waals surface area contributed by atoms with Crippen LogP contribution >= 0.6 is 0 Å². The third kappa shape index (κ3) is 4.10. The van der Waals surface area contributed by atoms with E-state index in [-0.39, 0.29) is 10.8 Å². The van der Waals surface area contributed by atoms with Gasteiger partial charge in [-0.2, -0.15) is 0 Å². The van der Waals surface area contributed by atoms with Gasteiger partial charge in [-0.15, -0.1) is 0 Å². The molecular weight excluding hydrogens is 651 g/mol. The van der Waals surface area contributed by atoms with Crippen LogP contribution in [0.1, 0.15) is 53.6 Å². The molecule has 0 saturated carbocycles. The fourth-order valence-electron chi connectivity index (χ4n) is 10.3. The summed E-state index contributed by atoms with van der Waals surface area (Å²) >= 11 is 0. The Balaban J connectivity index is 1.23. The second-order valence-electron chi connectivity index (χ2n) is 15.5. The van der Waals surface area contributed by atoms with Gasteiger partial charge >= 0.3 is 0 Å². The Hall–Kier alpha value is -6.44. The van der Waals surface area contributed by atoms with E-state index < -0.39 is 0 Å². The van der Waals surface area contributed by atoms with E-state index in [0.29, 0.717) is 0 Å². The van der Waals surface area contributed by atoms with Crippen molar-refractivity contribution in [3.05, 3.63) is 227 Å². The van der Waals surface area contributed by atoms with E-state index in [1.807, 2.05) is 0 Å². The van der Waals surface area contributed by atoms with E-state index in [2.05, 4.69) is 207 Å². The van der Waals surface area contributed by atoms with Crippen LogP contribution in [-0.4, -0.2) is 0 Å². The summed E-state index contributed by atoms with van der Waals surface area (Å²) in [5.41, 5.74) is 21.8. The summed E-state index contributed by atoms with van der Waals surface area (Å²) in [6.07, 6.45) is 10.1. The van der Waals surface area contributed by atoms with Crippen LogP contribution in [0.15, 0.2) is 194 Å². The first kappa shape index (κ1) is 31.1. The van der Waals surface area contributed by atoms with Crippen molar-refractivity contribution in [3.63, 3.8) is 0 Å². The highest BCUT2D eigenvalue weighted by Crippen LogP contribution is 2.65. The number of anilines is 3. The van der Waals surface area contributed by atoms with E-state index in [9.17, 15) is 0 Å². The molecule has 7 aromatic carbocycles. The number of hydrogen-bond donors (Lipinski definition) is 0. The summed E-state index contributed by atoms with van der Waals surface area (Å²) in [6, 6.07) is 61.2. The van der Waals surface area contributed by atoms with Crippen LogP contribution < -0.4 is 4.90 Å². The van der Waals surface area contributed by atoms with Crippen LogP contribution in [0.3, 0.4) is 0 Å². The van der Waals surface area contributed by atoms with E-state index in [4.69, 9.17) is 0 Å². The molecule has 0 amide bonds. The smallest absolute Gasteiger partial charge is 0.0692 e. The van der Waals surface area contributed by atoms with Crippen molar-refractivity contribution in [1.29, 1.82) is 0 Å². The van der Waals surface area contributed by atoms with Gasteiger partial charge in [-0.3, -0.25) is 0 Å². The summed E-state index contributed by atoms with van der Waals surface area (Å²) < 4.78 is 0. The molecule has 0 radical (unpaired) electrons. The molecule has 0 saturated heterocycles. The highest BCUT2D eigenvalue weighted by molar-refractivity contribution is 6.04. The van der Waals surface area contributed by atoms with Gasteiger partial charge < -0.3 is 4.90 Å². The van der Waals surface area contributed by atoms with Crippen molar-refractivity contribution >= 4 is 22.6 Å². The maximum Gasteiger partial charge on any atom is 0.0692 e. The third-order valence-electron chi connectivity index (χ3n) is 12.6. The molecule has 11 rings (SSSR count). The number of fused-ring (bicyclic) bond motifs is 12. The van der Waals surface area contributed by atoms with Gasteiger partial charge in [0.05, 0.1) is 16.8 Å². The molecule has 0 fully saturated rings. The molecule has 1 nitrogen and oxygen atoms in total. The minimum absolute atomic E-state index is 0.115. The molecule has 0 heterocycles. The minimum Gasteiger partial charge on any atom is -0.309 e. The van der Waals surface area contributed by atoms with Gasteiger partial charge in [0.25, 0.3) is 0 Å². The number of rotatable bonds is 4. The number of nitrogens with zero attached hydrogens (tertiary/aromatic N) is 1. The molecule has 54 heavy (non-hydrogen) atoms. The van der Waals surface area contributed by atoms with Crippen LogP contribution in [0.25, 0.3) is 39.0 Å². The second kappa shape index (κ2) is 11.5. The van der Waals surface area contributed by atoms with Crippen molar-refractivity contribution < 1.29 is 0 Å². The molecule has 0 bridgehead atoms. The summed E-state index contributed by atoms with van der Waals surface area (Å²) in [5, 5.41) is 0. The van der Waals surface area contributed by atoms with Crippen LogP contribution in [0.5, 0.6) is 0 Å². The lowest BCUT2D eigenvalue weighted by molar-refractivity contribution is 0.660. The third-order valence-corrected chi connectivity index (χ3v) is 12.6.